The summed E-state index contributed by atoms with van der Waals surface area (Å²) < 4.78 is 38.4. The lowest BCUT2D eigenvalue weighted by Crippen LogP contribution is -2.41. The first-order valence-corrected chi connectivity index (χ1v) is 5.58. The Morgan fingerprint density at radius 3 is 2.63 bits per heavy atom. The topological polar surface area (TPSA) is 84.4 Å². The fraction of sp³-hybridized carbons (Fsp3) is 0.600. The first kappa shape index (κ1) is 15.3. The highest BCUT2D eigenvalue weighted by Gasteiger charge is 2.34. The molecule has 0 unspecified atom stereocenters. The zero-order valence-electron chi connectivity index (χ0n) is 10.3. The predicted molar refractivity (Wildman–Crippen MR) is 61.4 cm³/mol. The number of aliphatic hydroxyl groups is 1. The zero-order valence-corrected chi connectivity index (χ0v) is 10.3. The third-order valence-corrected chi connectivity index (χ3v) is 2.34. The van der Waals surface area contributed by atoms with E-state index in [2.05, 4.69) is 5.10 Å². The lowest BCUT2D eigenvalue weighted by atomic mass is 10.3. The Morgan fingerprint density at radius 1 is 1.58 bits per heavy atom. The van der Waals surface area contributed by atoms with Crippen molar-refractivity contribution < 1.29 is 23.1 Å². The Kier molecular flexibility index (Phi) is 4.76. The van der Waals surface area contributed by atoms with E-state index in [1.165, 1.54) is 10.9 Å². The monoisotopic (exact) mass is 280 g/mol. The normalized spacial score (nSPS) is 11.6. The van der Waals surface area contributed by atoms with Crippen molar-refractivity contribution in [3.63, 3.8) is 0 Å². The second-order valence-corrected chi connectivity index (χ2v) is 3.85. The van der Waals surface area contributed by atoms with Gasteiger partial charge in [-0.3, -0.25) is 9.48 Å². The number of alkyl halides is 3. The minimum atomic E-state index is -4.55. The molecule has 0 aliphatic heterocycles. The fourth-order valence-electron chi connectivity index (χ4n) is 1.50. The molecule has 108 valence electrons. The highest BCUT2D eigenvalue weighted by atomic mass is 19.4. The highest BCUT2D eigenvalue weighted by molar-refractivity contribution is 5.97. The molecular weight excluding hydrogens is 265 g/mol. The van der Waals surface area contributed by atoms with Crippen LogP contribution in [0.15, 0.2) is 6.20 Å². The summed E-state index contributed by atoms with van der Waals surface area (Å²) in [5.74, 6) is -0.948. The summed E-state index contributed by atoms with van der Waals surface area (Å²) in [5.41, 5.74) is 5.32. The summed E-state index contributed by atoms with van der Waals surface area (Å²) in [6.45, 7) is -0.267. The van der Waals surface area contributed by atoms with Crippen LogP contribution in [-0.2, 0) is 6.54 Å². The van der Waals surface area contributed by atoms with Gasteiger partial charge in [-0.2, -0.15) is 18.3 Å². The number of aryl methyl sites for hydroxylation is 1. The van der Waals surface area contributed by atoms with E-state index in [0.29, 0.717) is 11.4 Å². The number of hydrogen-bond acceptors (Lipinski definition) is 4. The van der Waals surface area contributed by atoms with Crippen molar-refractivity contribution in [2.45, 2.75) is 19.6 Å². The maximum atomic E-state index is 12.3. The molecule has 6 nitrogen and oxygen atoms in total. The number of aromatic nitrogens is 2. The molecular formula is C10H15F3N4O2. The van der Waals surface area contributed by atoms with Gasteiger partial charge in [-0.05, 0) is 6.92 Å². The van der Waals surface area contributed by atoms with Gasteiger partial charge in [-0.15, -0.1) is 0 Å². The van der Waals surface area contributed by atoms with E-state index in [4.69, 9.17) is 10.8 Å². The smallest absolute Gasteiger partial charge is 0.396 e. The SMILES string of the molecule is CCn1cc(N)c(C(=O)N(CCO)CC(F)(F)F)n1. The van der Waals surface area contributed by atoms with Gasteiger partial charge in [0.25, 0.3) is 5.91 Å². The van der Waals surface area contributed by atoms with Crippen LogP contribution in [0.3, 0.4) is 0 Å². The Balaban J connectivity index is 2.95. The minimum absolute atomic E-state index is 0.0111. The molecule has 0 spiro atoms. The molecule has 0 saturated heterocycles. The van der Waals surface area contributed by atoms with Crippen LogP contribution in [-0.4, -0.2) is 51.6 Å². The number of amides is 1. The van der Waals surface area contributed by atoms with Crippen molar-refractivity contribution >= 4 is 11.6 Å². The van der Waals surface area contributed by atoms with Crippen molar-refractivity contribution in [3.8, 4) is 0 Å². The molecule has 1 rings (SSSR count). The summed E-state index contributed by atoms with van der Waals surface area (Å²) in [5, 5.41) is 12.5. The molecule has 9 heteroatoms. The lowest BCUT2D eigenvalue weighted by Gasteiger charge is -2.22. The fourth-order valence-corrected chi connectivity index (χ4v) is 1.50. The average molecular weight is 280 g/mol. The largest absolute Gasteiger partial charge is 0.406 e. The summed E-state index contributed by atoms with van der Waals surface area (Å²) in [6, 6.07) is 0. The number of hydrogen-bond donors (Lipinski definition) is 2. The minimum Gasteiger partial charge on any atom is -0.396 e. The van der Waals surface area contributed by atoms with Crippen LogP contribution in [0.4, 0.5) is 18.9 Å². The molecule has 1 amide bonds. The average Bonchev–Trinajstić information content (AvgIpc) is 2.67. The van der Waals surface area contributed by atoms with E-state index in [1.54, 1.807) is 6.92 Å². The maximum Gasteiger partial charge on any atom is 0.406 e. The van der Waals surface area contributed by atoms with Gasteiger partial charge in [0.2, 0.25) is 0 Å². The molecule has 0 fully saturated rings. The molecule has 0 aliphatic carbocycles. The third-order valence-electron chi connectivity index (χ3n) is 2.34. The van der Waals surface area contributed by atoms with Gasteiger partial charge in [0.05, 0.1) is 12.3 Å². The van der Waals surface area contributed by atoms with Gasteiger partial charge < -0.3 is 15.7 Å². The van der Waals surface area contributed by atoms with E-state index in [-0.39, 0.29) is 11.4 Å². The molecule has 1 aromatic rings. The Hall–Kier alpha value is -1.77. The quantitative estimate of drug-likeness (QED) is 0.821. The van der Waals surface area contributed by atoms with Crippen LogP contribution in [0.2, 0.25) is 0 Å². The van der Waals surface area contributed by atoms with E-state index in [1.807, 2.05) is 0 Å². The van der Waals surface area contributed by atoms with Crippen molar-refractivity contribution in [2.75, 3.05) is 25.4 Å². The molecule has 0 aromatic carbocycles. The molecule has 1 heterocycles. The van der Waals surface area contributed by atoms with Gasteiger partial charge in [-0.25, -0.2) is 0 Å². The van der Waals surface area contributed by atoms with Crippen LogP contribution in [0, 0.1) is 0 Å². The van der Waals surface area contributed by atoms with Crippen LogP contribution in [0.1, 0.15) is 17.4 Å². The van der Waals surface area contributed by atoms with Crippen LogP contribution >= 0.6 is 0 Å². The zero-order chi connectivity index (χ0) is 14.6. The number of halogens is 3. The Bertz CT molecular complexity index is 444. The second-order valence-electron chi connectivity index (χ2n) is 3.85. The van der Waals surface area contributed by atoms with Gasteiger partial charge >= 0.3 is 6.18 Å². The van der Waals surface area contributed by atoms with Crippen LogP contribution < -0.4 is 5.73 Å². The summed E-state index contributed by atoms with van der Waals surface area (Å²) >= 11 is 0. The summed E-state index contributed by atoms with van der Waals surface area (Å²) in [7, 11) is 0. The first-order chi connectivity index (χ1) is 8.78. The second kappa shape index (κ2) is 5.91. The molecule has 3 N–H and O–H groups in total. The number of anilines is 1. The van der Waals surface area contributed by atoms with Crippen molar-refractivity contribution in [1.82, 2.24) is 14.7 Å². The van der Waals surface area contributed by atoms with Crippen molar-refractivity contribution in [2.24, 2.45) is 0 Å². The van der Waals surface area contributed by atoms with Gasteiger partial charge in [0.1, 0.15) is 6.54 Å². The standard InChI is InChI=1S/C10H15F3N4O2/c1-2-17-5-7(14)8(15-17)9(19)16(3-4-18)6-10(11,12)13/h5,18H,2-4,6,14H2,1H3. The molecule has 0 radical (unpaired) electrons. The number of nitrogens with two attached hydrogens (primary N) is 1. The number of nitrogen functional groups attached to an aromatic ring is 1. The van der Waals surface area contributed by atoms with Crippen molar-refractivity contribution in [1.29, 1.82) is 0 Å². The molecule has 0 bridgehead atoms. The van der Waals surface area contributed by atoms with Crippen LogP contribution in [0.5, 0.6) is 0 Å². The molecule has 19 heavy (non-hydrogen) atoms. The Morgan fingerprint density at radius 2 is 2.21 bits per heavy atom. The first-order valence-electron chi connectivity index (χ1n) is 5.58. The lowest BCUT2D eigenvalue weighted by molar-refractivity contribution is -0.141. The van der Waals surface area contributed by atoms with E-state index < -0.39 is 31.8 Å². The van der Waals surface area contributed by atoms with Gasteiger partial charge in [-0.1, -0.05) is 0 Å². The predicted octanol–water partition coefficient (Wildman–Crippen LogP) is 0.482. The van der Waals surface area contributed by atoms with Gasteiger partial charge in [0, 0.05) is 19.3 Å². The molecule has 0 atom stereocenters. The third kappa shape index (κ3) is 4.12. The van der Waals surface area contributed by atoms with Crippen molar-refractivity contribution in [3.05, 3.63) is 11.9 Å². The number of aliphatic hydroxyl groups excluding tert-OH is 1. The molecule has 0 saturated carbocycles. The summed E-state index contributed by atoms with van der Waals surface area (Å²) in [6.07, 6.45) is -3.18. The maximum absolute atomic E-state index is 12.3. The number of nitrogens with zero attached hydrogens (tertiary/aromatic N) is 3. The molecule has 1 aromatic heterocycles. The van der Waals surface area contributed by atoms with Crippen LogP contribution in [0.25, 0.3) is 0 Å². The van der Waals surface area contributed by atoms with Gasteiger partial charge in [0.15, 0.2) is 5.69 Å². The van der Waals surface area contributed by atoms with E-state index in [0.717, 1.165) is 0 Å². The number of carbonyl (C=O) groups excluding carboxylic acids is 1. The Labute approximate surface area is 107 Å². The number of rotatable bonds is 5. The van der Waals surface area contributed by atoms with E-state index >= 15 is 0 Å². The highest BCUT2D eigenvalue weighted by Crippen LogP contribution is 2.19. The number of carbonyl (C=O) groups is 1. The summed E-state index contributed by atoms with van der Waals surface area (Å²) in [4.78, 5) is 12.4. The molecule has 0 aliphatic rings. The van der Waals surface area contributed by atoms with E-state index in [9.17, 15) is 18.0 Å².